The van der Waals surface area contributed by atoms with Gasteiger partial charge in [-0.2, -0.15) is 0 Å². The minimum Gasteiger partial charge on any atom is -0.475 e. The molecule has 0 amide bonds. The van der Waals surface area contributed by atoms with Gasteiger partial charge in [0.15, 0.2) is 13.1 Å². The van der Waals surface area contributed by atoms with Crippen LogP contribution >= 0.6 is 0 Å². The van der Waals surface area contributed by atoms with E-state index in [0.29, 0.717) is 6.61 Å². The number of rotatable bonds is 20. The summed E-state index contributed by atoms with van der Waals surface area (Å²) >= 11 is 0. The highest BCUT2D eigenvalue weighted by molar-refractivity contribution is 5.13. The molecule has 29 heavy (non-hydrogen) atoms. The van der Waals surface area contributed by atoms with Crippen molar-refractivity contribution in [1.82, 2.24) is 0 Å². The molecule has 0 radical (unpaired) electrons. The van der Waals surface area contributed by atoms with Crippen LogP contribution < -0.4 is 0 Å². The molecule has 0 heterocycles. The topological polar surface area (TPSA) is 36.9 Å². The zero-order valence-corrected chi connectivity index (χ0v) is 18.7. The highest BCUT2D eigenvalue weighted by Crippen LogP contribution is 2.10. The Morgan fingerprint density at radius 2 is 1.48 bits per heavy atom. The lowest BCUT2D eigenvalue weighted by Crippen LogP contribution is -2.18. The second-order valence-corrected chi connectivity index (χ2v) is 7.36. The minimum absolute atomic E-state index is 0.114. The number of benzene rings is 1. The van der Waals surface area contributed by atoms with Gasteiger partial charge in [-0.1, -0.05) is 82.7 Å². The number of hydrogen-bond donors (Lipinski definition) is 0. The Hall–Kier alpha value is -1.36. The van der Waals surface area contributed by atoms with E-state index in [4.69, 9.17) is 18.9 Å². The van der Waals surface area contributed by atoms with E-state index in [2.05, 4.69) is 13.8 Å². The average Bonchev–Trinajstić information content (AvgIpc) is 2.75. The first-order chi connectivity index (χ1) is 14.4. The second-order valence-electron chi connectivity index (χ2n) is 7.36. The fourth-order valence-corrected chi connectivity index (χ4v) is 2.89. The van der Waals surface area contributed by atoms with E-state index in [1.807, 2.05) is 36.4 Å². The lowest BCUT2D eigenvalue weighted by molar-refractivity contribution is -0.146. The van der Waals surface area contributed by atoms with Gasteiger partial charge < -0.3 is 18.9 Å². The normalized spacial score (nSPS) is 11.6. The number of allylic oxidation sites excluding steroid dienone is 1. The molecular formula is C25H42O4. The Morgan fingerprint density at radius 3 is 2.10 bits per heavy atom. The quantitative estimate of drug-likeness (QED) is 0.133. The van der Waals surface area contributed by atoms with E-state index in [-0.39, 0.29) is 13.1 Å². The van der Waals surface area contributed by atoms with E-state index in [0.717, 1.165) is 44.5 Å². The van der Waals surface area contributed by atoms with Crippen LogP contribution in [-0.2, 0) is 25.6 Å². The highest BCUT2D eigenvalue weighted by atomic mass is 16.7. The fourth-order valence-electron chi connectivity index (χ4n) is 2.89. The van der Waals surface area contributed by atoms with Crippen LogP contribution in [0, 0.1) is 0 Å². The summed E-state index contributed by atoms with van der Waals surface area (Å²) in [6, 6.07) is 10.1. The van der Waals surface area contributed by atoms with Crippen LogP contribution in [0.1, 0.15) is 83.6 Å². The van der Waals surface area contributed by atoms with Crippen LogP contribution in [0.3, 0.4) is 0 Å². The number of hydrogen-bond acceptors (Lipinski definition) is 4. The van der Waals surface area contributed by atoms with Gasteiger partial charge in [0.1, 0.15) is 0 Å². The van der Waals surface area contributed by atoms with Gasteiger partial charge in [0, 0.05) is 19.6 Å². The number of ether oxygens (including phenoxy) is 4. The Kier molecular flexibility index (Phi) is 17.7. The van der Waals surface area contributed by atoms with Crippen molar-refractivity contribution < 1.29 is 18.9 Å². The summed E-state index contributed by atoms with van der Waals surface area (Å²) in [6.07, 6.45) is 15.1. The van der Waals surface area contributed by atoms with Crippen molar-refractivity contribution in [2.24, 2.45) is 0 Å². The van der Waals surface area contributed by atoms with Crippen molar-refractivity contribution in [3.63, 3.8) is 0 Å². The van der Waals surface area contributed by atoms with Gasteiger partial charge >= 0.3 is 0 Å². The SMILES string of the molecule is CCCCCCOC(CCC=COCOCc1ccccc1)OCCCCCC. The fraction of sp³-hybridized carbons (Fsp3) is 0.680. The van der Waals surface area contributed by atoms with Gasteiger partial charge in [-0.05, 0) is 30.9 Å². The monoisotopic (exact) mass is 406 g/mol. The van der Waals surface area contributed by atoms with Crippen LogP contribution in [-0.4, -0.2) is 26.3 Å². The molecule has 1 aromatic carbocycles. The number of unbranched alkanes of at least 4 members (excludes halogenated alkanes) is 6. The maximum atomic E-state index is 5.97. The van der Waals surface area contributed by atoms with Crippen LogP contribution in [0.4, 0.5) is 0 Å². The lowest BCUT2D eigenvalue weighted by Gasteiger charge is -2.18. The average molecular weight is 407 g/mol. The van der Waals surface area contributed by atoms with E-state index < -0.39 is 0 Å². The van der Waals surface area contributed by atoms with Crippen LogP contribution in [0.5, 0.6) is 0 Å². The van der Waals surface area contributed by atoms with Crippen molar-refractivity contribution in [1.29, 1.82) is 0 Å². The molecule has 0 bridgehead atoms. The van der Waals surface area contributed by atoms with Gasteiger partial charge in [0.05, 0.1) is 12.9 Å². The molecule has 0 aliphatic heterocycles. The summed E-state index contributed by atoms with van der Waals surface area (Å²) in [5.41, 5.74) is 1.15. The van der Waals surface area contributed by atoms with E-state index in [1.54, 1.807) is 6.26 Å². The van der Waals surface area contributed by atoms with Gasteiger partial charge in [-0.25, -0.2) is 0 Å². The maximum absolute atomic E-state index is 5.97. The Labute approximate surface area is 178 Å². The summed E-state index contributed by atoms with van der Waals surface area (Å²) in [7, 11) is 0. The summed E-state index contributed by atoms with van der Waals surface area (Å²) < 4.78 is 22.8. The third kappa shape index (κ3) is 16.2. The zero-order valence-electron chi connectivity index (χ0n) is 18.7. The molecule has 0 spiro atoms. The van der Waals surface area contributed by atoms with Gasteiger partial charge in [0.2, 0.25) is 0 Å². The minimum atomic E-state index is -0.114. The smallest absolute Gasteiger partial charge is 0.188 e. The molecule has 4 nitrogen and oxygen atoms in total. The summed E-state index contributed by atoms with van der Waals surface area (Å²) in [6.45, 7) is 6.85. The second kappa shape index (κ2) is 19.9. The predicted molar refractivity (Wildman–Crippen MR) is 120 cm³/mol. The zero-order chi connectivity index (χ0) is 20.8. The molecule has 1 rings (SSSR count). The maximum Gasteiger partial charge on any atom is 0.188 e. The van der Waals surface area contributed by atoms with E-state index in [9.17, 15) is 0 Å². The lowest BCUT2D eigenvalue weighted by atomic mass is 10.2. The van der Waals surface area contributed by atoms with E-state index in [1.165, 1.54) is 38.5 Å². The van der Waals surface area contributed by atoms with Crippen LogP contribution in [0.2, 0.25) is 0 Å². The standard InChI is InChI=1S/C25H42O4/c1-3-5-7-13-20-28-25(29-21-14-8-6-4-2)18-12-15-19-26-23-27-22-24-16-10-9-11-17-24/h9-11,15-17,19,25H,3-8,12-14,18,20-23H2,1-2H3. The molecule has 0 aliphatic rings. The van der Waals surface area contributed by atoms with Crippen molar-refractivity contribution >= 4 is 0 Å². The molecule has 0 N–H and O–H groups in total. The largest absolute Gasteiger partial charge is 0.475 e. The van der Waals surface area contributed by atoms with Crippen LogP contribution in [0.25, 0.3) is 0 Å². The molecule has 0 saturated carbocycles. The van der Waals surface area contributed by atoms with Gasteiger partial charge in [0.25, 0.3) is 0 Å². The molecule has 0 atom stereocenters. The molecule has 166 valence electrons. The highest BCUT2D eigenvalue weighted by Gasteiger charge is 2.08. The van der Waals surface area contributed by atoms with Crippen molar-refractivity contribution in [2.75, 3.05) is 20.0 Å². The third-order valence-electron chi connectivity index (χ3n) is 4.63. The first kappa shape index (κ1) is 25.7. The van der Waals surface area contributed by atoms with Gasteiger partial charge in [-0.15, -0.1) is 0 Å². The molecule has 1 aromatic rings. The molecule has 0 unspecified atom stereocenters. The molecule has 4 heteroatoms. The molecule has 0 saturated heterocycles. The van der Waals surface area contributed by atoms with Crippen molar-refractivity contribution in [3.05, 3.63) is 48.2 Å². The van der Waals surface area contributed by atoms with E-state index >= 15 is 0 Å². The molecular weight excluding hydrogens is 364 g/mol. The van der Waals surface area contributed by atoms with Crippen molar-refractivity contribution in [3.8, 4) is 0 Å². The summed E-state index contributed by atoms with van der Waals surface area (Å²) in [4.78, 5) is 0. The molecule has 0 aliphatic carbocycles. The van der Waals surface area contributed by atoms with Crippen LogP contribution in [0.15, 0.2) is 42.7 Å². The molecule has 0 aromatic heterocycles. The first-order valence-corrected chi connectivity index (χ1v) is 11.5. The summed E-state index contributed by atoms with van der Waals surface area (Å²) in [5, 5.41) is 0. The predicted octanol–water partition coefficient (Wildman–Crippen LogP) is 6.99. The Bertz CT molecular complexity index is 461. The van der Waals surface area contributed by atoms with Gasteiger partial charge in [-0.3, -0.25) is 0 Å². The third-order valence-corrected chi connectivity index (χ3v) is 4.63. The Morgan fingerprint density at radius 1 is 0.828 bits per heavy atom. The Balaban J connectivity index is 2.12. The molecule has 0 fully saturated rings. The summed E-state index contributed by atoms with van der Waals surface area (Å²) in [5.74, 6) is 0. The van der Waals surface area contributed by atoms with Crippen molar-refractivity contribution in [2.45, 2.75) is 91.0 Å². The first-order valence-electron chi connectivity index (χ1n) is 11.5.